The Labute approximate surface area is 428 Å². The average molecular weight is 946 g/mol. The zero-order valence-corrected chi connectivity index (χ0v) is 40.9. The van der Waals surface area contributed by atoms with Crippen molar-refractivity contribution in [3.63, 3.8) is 0 Å². The summed E-state index contributed by atoms with van der Waals surface area (Å²) in [7, 11) is 0. The number of hydrogen-bond donors (Lipinski definition) is 0. The Morgan fingerprint density at radius 3 is 1.84 bits per heavy atom. The highest BCUT2D eigenvalue weighted by molar-refractivity contribution is 7.25. The third-order valence-electron chi connectivity index (χ3n) is 15.8. The Balaban J connectivity index is 0.803. The molecule has 73 heavy (non-hydrogen) atoms. The maximum absolute atomic E-state index is 2.47. The largest absolute Gasteiger partial charge is 0.309 e. The second kappa shape index (κ2) is 16.9. The van der Waals surface area contributed by atoms with E-state index < -0.39 is 0 Å². The molecule has 2 aromatic heterocycles. The fourth-order valence-electron chi connectivity index (χ4n) is 12.3. The van der Waals surface area contributed by atoms with Crippen molar-refractivity contribution in [2.75, 3.05) is 0 Å². The van der Waals surface area contributed by atoms with Gasteiger partial charge in [-0.15, -0.1) is 11.3 Å². The van der Waals surface area contributed by atoms with Crippen LogP contribution in [-0.4, -0.2) is 4.57 Å². The van der Waals surface area contributed by atoms with Crippen LogP contribution < -0.4 is 0 Å². The van der Waals surface area contributed by atoms with Crippen LogP contribution in [0.5, 0.6) is 0 Å². The highest BCUT2D eigenvalue weighted by Gasteiger charge is 2.27. The molecule has 1 unspecified atom stereocenters. The minimum Gasteiger partial charge on any atom is -0.309 e. The normalized spacial score (nSPS) is 13.3. The lowest BCUT2D eigenvalue weighted by molar-refractivity contribution is 0.716. The Bertz CT molecular complexity index is 4550. The molecule has 2 heteroatoms. The molecule has 12 aromatic carbocycles. The molecule has 0 N–H and O–H groups in total. The third-order valence-corrected chi connectivity index (χ3v) is 16.9. The molecule has 2 heterocycles. The number of hydrogen-bond acceptors (Lipinski definition) is 1. The van der Waals surface area contributed by atoms with Gasteiger partial charge in [0.2, 0.25) is 0 Å². The van der Waals surface area contributed by atoms with Gasteiger partial charge in [-0.25, -0.2) is 0 Å². The maximum Gasteiger partial charge on any atom is 0.0547 e. The second-order valence-corrected chi connectivity index (χ2v) is 21.0. The summed E-state index contributed by atoms with van der Waals surface area (Å²) in [4.78, 5) is 0. The second-order valence-electron chi connectivity index (χ2n) is 19.9. The molecule has 15 rings (SSSR count). The maximum atomic E-state index is 2.47. The van der Waals surface area contributed by atoms with Crippen molar-refractivity contribution in [3.05, 3.63) is 282 Å². The van der Waals surface area contributed by atoms with E-state index in [0.29, 0.717) is 0 Å². The van der Waals surface area contributed by atoms with Crippen LogP contribution in [-0.2, 0) is 6.42 Å². The van der Waals surface area contributed by atoms with Gasteiger partial charge in [-0.3, -0.25) is 0 Å². The predicted octanol–water partition coefficient (Wildman–Crippen LogP) is 19.6. The van der Waals surface area contributed by atoms with Crippen molar-refractivity contribution in [1.29, 1.82) is 0 Å². The quantitative estimate of drug-likeness (QED) is 0.143. The lowest BCUT2D eigenvalue weighted by Gasteiger charge is -2.19. The number of thiophene rings is 1. The summed E-state index contributed by atoms with van der Waals surface area (Å²) < 4.78 is 5.15. The standard InChI is InChI=1S/C71H47NS/c1-2-19-55(20-3-1)72-66-41-45(26-35-59(66)64-42-52-16-4-5-17-53(52)43-67(64)72)25-34-56(54-33-36-61-60-23-10-11-24-68(60)73-69(61)44-54)50-29-27-47(28-30-50)51-18-12-13-46(39-51)40-65-62-37-31-48-14-6-8-21-57(48)70(62)63-38-32-49-15-7-9-22-58(49)71(63)65/h1-24,26-33,35-44,56H,25,34H2/b65-40+. The molecule has 0 aliphatic heterocycles. The van der Waals surface area contributed by atoms with Crippen LogP contribution in [0.3, 0.4) is 0 Å². The van der Waals surface area contributed by atoms with Crippen LogP contribution >= 0.6 is 11.3 Å². The lowest BCUT2D eigenvalue weighted by atomic mass is 9.85. The fraction of sp³-hybridized carbons (Fsp3) is 0.0423. The number of aryl methyl sites for hydroxylation is 1. The van der Waals surface area contributed by atoms with Crippen LogP contribution in [0, 0.1) is 0 Å². The molecule has 0 spiro atoms. The van der Waals surface area contributed by atoms with Gasteiger partial charge in [0.25, 0.3) is 0 Å². The van der Waals surface area contributed by atoms with Crippen molar-refractivity contribution in [1.82, 2.24) is 4.57 Å². The average Bonchev–Trinajstić information content (AvgIpc) is 4.10. The summed E-state index contributed by atoms with van der Waals surface area (Å²) in [6, 6.07) is 93.1. The van der Waals surface area contributed by atoms with Crippen LogP contribution in [0.1, 0.15) is 45.7 Å². The Morgan fingerprint density at radius 1 is 0.384 bits per heavy atom. The van der Waals surface area contributed by atoms with Crippen LogP contribution in [0.25, 0.3) is 114 Å². The van der Waals surface area contributed by atoms with E-state index in [2.05, 4.69) is 259 Å². The van der Waals surface area contributed by atoms with Gasteiger partial charge >= 0.3 is 0 Å². The molecular weight excluding hydrogens is 899 g/mol. The van der Waals surface area contributed by atoms with Crippen LogP contribution in [0.2, 0.25) is 0 Å². The van der Waals surface area contributed by atoms with E-state index in [1.165, 1.54) is 141 Å². The summed E-state index contributed by atoms with van der Waals surface area (Å²) in [5.41, 5.74) is 17.9. The van der Waals surface area contributed by atoms with Crippen molar-refractivity contribution < 1.29 is 0 Å². The Hall–Kier alpha value is -8.82. The highest BCUT2D eigenvalue weighted by atomic mass is 32.1. The van der Waals surface area contributed by atoms with E-state index in [0.717, 1.165) is 12.8 Å². The van der Waals surface area contributed by atoms with Crippen molar-refractivity contribution in [2.45, 2.75) is 18.8 Å². The molecule has 1 aliphatic carbocycles. The van der Waals surface area contributed by atoms with Gasteiger partial charge in [-0.2, -0.15) is 0 Å². The van der Waals surface area contributed by atoms with Gasteiger partial charge in [0.1, 0.15) is 0 Å². The highest BCUT2D eigenvalue weighted by Crippen LogP contribution is 2.51. The molecule has 342 valence electrons. The first-order valence-electron chi connectivity index (χ1n) is 25.6. The molecule has 14 aromatic rings. The number of para-hydroxylation sites is 1. The molecule has 0 amide bonds. The SMILES string of the molecule is C(=C1/c2ccc3ccccc3c2-c2ccc3ccccc3c21)/c1cccc(-c2ccc(C(CCc3ccc4c5cc6ccccc6cc5n(-c5ccccc5)c4c3)c3ccc4c(c3)sc3ccccc34)cc2)c1. The van der Waals surface area contributed by atoms with Crippen LogP contribution in [0.15, 0.2) is 249 Å². The predicted molar refractivity (Wildman–Crippen MR) is 314 cm³/mol. The van der Waals surface area contributed by atoms with Crippen molar-refractivity contribution in [3.8, 4) is 27.9 Å². The molecule has 0 bridgehead atoms. The van der Waals surface area contributed by atoms with E-state index in [1.54, 1.807) is 0 Å². The van der Waals surface area contributed by atoms with Crippen molar-refractivity contribution >= 4 is 97.3 Å². The fourth-order valence-corrected chi connectivity index (χ4v) is 13.4. The Kier molecular flexibility index (Phi) is 9.71. The minimum absolute atomic E-state index is 0.203. The van der Waals surface area contributed by atoms with Gasteiger partial charge in [-0.1, -0.05) is 200 Å². The molecule has 1 nitrogen and oxygen atoms in total. The third kappa shape index (κ3) is 6.97. The number of aromatic nitrogens is 1. The molecule has 0 saturated carbocycles. The molecule has 0 saturated heterocycles. The molecule has 1 atom stereocenters. The first kappa shape index (κ1) is 41.9. The van der Waals surface area contributed by atoms with E-state index in [9.17, 15) is 0 Å². The van der Waals surface area contributed by atoms with Gasteiger partial charge in [0.05, 0.1) is 11.0 Å². The van der Waals surface area contributed by atoms with Gasteiger partial charge in [0.15, 0.2) is 0 Å². The summed E-state index contributed by atoms with van der Waals surface area (Å²) in [6.07, 6.45) is 4.34. The summed E-state index contributed by atoms with van der Waals surface area (Å²) in [6.45, 7) is 0. The van der Waals surface area contributed by atoms with E-state index in [1.807, 2.05) is 11.3 Å². The zero-order chi connectivity index (χ0) is 48.0. The summed E-state index contributed by atoms with van der Waals surface area (Å²) >= 11 is 1.90. The summed E-state index contributed by atoms with van der Waals surface area (Å²) in [5.74, 6) is 0.203. The number of rotatable bonds is 8. The first-order chi connectivity index (χ1) is 36.2. The Morgan fingerprint density at radius 2 is 1.03 bits per heavy atom. The zero-order valence-electron chi connectivity index (χ0n) is 40.1. The van der Waals surface area contributed by atoms with Crippen LogP contribution in [0.4, 0.5) is 0 Å². The minimum atomic E-state index is 0.203. The van der Waals surface area contributed by atoms with Gasteiger partial charge in [-0.05, 0) is 161 Å². The van der Waals surface area contributed by atoms with E-state index >= 15 is 0 Å². The number of nitrogens with zero attached hydrogens (tertiary/aromatic N) is 1. The molecular formula is C71H47NS. The number of benzene rings is 12. The summed E-state index contributed by atoms with van der Waals surface area (Å²) in [5, 5.41) is 12.9. The first-order valence-corrected chi connectivity index (χ1v) is 26.4. The molecule has 1 aliphatic rings. The number of fused-ring (bicyclic) bond motifs is 14. The molecule has 0 fully saturated rings. The van der Waals surface area contributed by atoms with E-state index in [-0.39, 0.29) is 5.92 Å². The van der Waals surface area contributed by atoms with Gasteiger partial charge in [0, 0.05) is 42.6 Å². The smallest absolute Gasteiger partial charge is 0.0547 e. The van der Waals surface area contributed by atoms with Gasteiger partial charge < -0.3 is 4.57 Å². The lowest BCUT2D eigenvalue weighted by Crippen LogP contribution is -2.04. The monoisotopic (exact) mass is 945 g/mol. The van der Waals surface area contributed by atoms with Crippen molar-refractivity contribution in [2.24, 2.45) is 0 Å². The topological polar surface area (TPSA) is 4.93 Å². The van der Waals surface area contributed by atoms with E-state index in [4.69, 9.17) is 0 Å². The molecule has 0 radical (unpaired) electrons.